The minimum Gasteiger partial charge on any atom is -0.386 e. The van der Waals surface area contributed by atoms with Crippen molar-refractivity contribution in [2.45, 2.75) is 104 Å². The number of hydrogen-bond donors (Lipinski definition) is 0. The van der Waals surface area contributed by atoms with Crippen molar-refractivity contribution in [2.24, 2.45) is 0 Å². The first kappa shape index (κ1) is 34.4. The Morgan fingerprint density at radius 3 is 1.45 bits per heavy atom. The summed E-state index contributed by atoms with van der Waals surface area (Å²) in [6.45, 7) is 4.37. The van der Waals surface area contributed by atoms with E-state index in [2.05, 4.69) is 13.8 Å². The van der Waals surface area contributed by atoms with Gasteiger partial charge < -0.3 is 9.47 Å². The number of benzene rings is 3. The summed E-state index contributed by atoms with van der Waals surface area (Å²) in [5, 5.41) is 0. The van der Waals surface area contributed by atoms with Crippen molar-refractivity contribution >= 4 is 23.9 Å². The molecule has 0 aliphatic heterocycles. The molecule has 0 bridgehead atoms. The maximum atomic E-state index is 13.8. The van der Waals surface area contributed by atoms with E-state index in [1.807, 2.05) is 6.07 Å². The average Bonchev–Trinajstić information content (AvgIpc) is 3.05. The van der Waals surface area contributed by atoms with Crippen LogP contribution in [0.2, 0.25) is 0 Å². The summed E-state index contributed by atoms with van der Waals surface area (Å²) >= 11 is 0. The molecule has 234 valence electrons. The number of ether oxygens (including phenoxy) is 2. The molecule has 3 aromatic carbocycles. The maximum absolute atomic E-state index is 13.8. The third kappa shape index (κ3) is 10.9. The first-order chi connectivity index (χ1) is 21.5. The molecule has 0 aliphatic carbocycles. The molecule has 6 nitrogen and oxygen atoms in total. The second-order valence-electron chi connectivity index (χ2n) is 11.2. The van der Waals surface area contributed by atoms with Crippen LogP contribution >= 0.6 is 0 Å². The topological polar surface area (TPSA) is 86.7 Å². The van der Waals surface area contributed by atoms with Crippen molar-refractivity contribution in [3.05, 3.63) is 106 Å². The Morgan fingerprint density at radius 2 is 0.932 bits per heavy atom. The number of carbonyl (C=O) groups excluding carboxylic acids is 4. The van der Waals surface area contributed by atoms with Gasteiger partial charge in [0.15, 0.2) is 0 Å². The molecule has 44 heavy (non-hydrogen) atoms. The summed E-state index contributed by atoms with van der Waals surface area (Å²) < 4.78 is 10.6. The molecule has 0 aromatic heterocycles. The van der Waals surface area contributed by atoms with E-state index in [0.717, 1.165) is 63.4 Å². The van der Waals surface area contributed by atoms with Gasteiger partial charge in [0.1, 0.15) is 0 Å². The van der Waals surface area contributed by atoms with E-state index in [0.29, 0.717) is 12.0 Å². The fraction of sp³-hybridized carbons (Fsp3) is 0.421. The van der Waals surface area contributed by atoms with Gasteiger partial charge in [0, 0.05) is 0 Å². The van der Waals surface area contributed by atoms with E-state index in [-0.39, 0.29) is 22.3 Å². The van der Waals surface area contributed by atoms with Crippen LogP contribution in [-0.2, 0) is 22.3 Å². The first-order valence-electron chi connectivity index (χ1n) is 16.2. The first-order valence-corrected chi connectivity index (χ1v) is 16.2. The highest BCUT2D eigenvalue weighted by Crippen LogP contribution is 2.27. The summed E-state index contributed by atoms with van der Waals surface area (Å²) in [5.74, 6) is -3.48. The predicted octanol–water partition coefficient (Wildman–Crippen LogP) is 9.49. The zero-order chi connectivity index (χ0) is 31.6. The minimum absolute atomic E-state index is 0.0113. The van der Waals surface area contributed by atoms with Gasteiger partial charge in [-0.05, 0) is 67.1 Å². The van der Waals surface area contributed by atoms with Crippen LogP contribution < -0.4 is 0 Å². The average molecular weight is 599 g/mol. The predicted molar refractivity (Wildman–Crippen MR) is 173 cm³/mol. The van der Waals surface area contributed by atoms with Crippen molar-refractivity contribution in [2.75, 3.05) is 0 Å². The van der Waals surface area contributed by atoms with Crippen LogP contribution in [0.15, 0.2) is 72.8 Å². The number of aryl methyl sites for hydroxylation is 1. The van der Waals surface area contributed by atoms with E-state index in [4.69, 9.17) is 9.47 Å². The number of esters is 4. The Bertz CT molecular complexity index is 1350. The second kappa shape index (κ2) is 19.3. The lowest BCUT2D eigenvalue weighted by atomic mass is 9.89. The summed E-state index contributed by atoms with van der Waals surface area (Å²) in [5.41, 5.74) is 2.03. The number of rotatable bonds is 18. The lowest BCUT2D eigenvalue weighted by molar-refractivity contribution is 0.0355. The van der Waals surface area contributed by atoms with Gasteiger partial charge in [0.25, 0.3) is 0 Å². The van der Waals surface area contributed by atoms with Gasteiger partial charge in [-0.25, -0.2) is 19.2 Å². The molecule has 0 heterocycles. The van der Waals surface area contributed by atoms with Crippen molar-refractivity contribution in [3.63, 3.8) is 0 Å². The quantitative estimate of drug-likeness (QED) is 0.0823. The van der Waals surface area contributed by atoms with Crippen molar-refractivity contribution in [3.8, 4) is 0 Å². The standard InChI is InChI=1S/C38H46O6/c1-3-5-7-9-11-15-21-29-27-28-33(37(41)43-35(39)30-22-16-13-17-23-30)34(32(29)26-20-12-10-8-6-4-2)38(42)44-36(40)31-24-18-14-19-25-31/h13-14,16-19,22-25,27-28H,3-12,15,20-21,26H2,1-2H3. The molecule has 0 atom stereocenters. The van der Waals surface area contributed by atoms with Crippen LogP contribution in [0.3, 0.4) is 0 Å². The molecule has 0 fully saturated rings. The number of hydrogen-bond acceptors (Lipinski definition) is 6. The fourth-order valence-corrected chi connectivity index (χ4v) is 5.33. The van der Waals surface area contributed by atoms with E-state index in [1.54, 1.807) is 60.7 Å². The number of carbonyl (C=O) groups is 4. The molecule has 3 rings (SSSR count). The summed E-state index contributed by atoms with van der Waals surface area (Å²) in [4.78, 5) is 52.9. The Hall–Kier alpha value is -4.06. The monoisotopic (exact) mass is 598 g/mol. The molecule has 6 heteroatoms. The van der Waals surface area contributed by atoms with Gasteiger partial charge in [-0.3, -0.25) is 0 Å². The zero-order valence-corrected chi connectivity index (χ0v) is 26.3. The van der Waals surface area contributed by atoms with Crippen LogP contribution in [0.5, 0.6) is 0 Å². The smallest absolute Gasteiger partial charge is 0.347 e. The SMILES string of the molecule is CCCCCCCCc1ccc(C(=O)OC(=O)c2ccccc2)c(C(=O)OC(=O)c2ccccc2)c1CCCCCCCC. The molecule has 0 radical (unpaired) electrons. The van der Waals surface area contributed by atoms with Crippen LogP contribution in [0.1, 0.15) is 143 Å². The van der Waals surface area contributed by atoms with Crippen LogP contribution in [-0.4, -0.2) is 23.9 Å². The van der Waals surface area contributed by atoms with E-state index < -0.39 is 23.9 Å². The lowest BCUT2D eigenvalue weighted by Crippen LogP contribution is -2.22. The van der Waals surface area contributed by atoms with Crippen molar-refractivity contribution in [1.82, 2.24) is 0 Å². The fourth-order valence-electron chi connectivity index (χ4n) is 5.33. The molecule has 0 saturated carbocycles. The van der Waals surface area contributed by atoms with E-state index in [9.17, 15) is 19.2 Å². The summed E-state index contributed by atoms with van der Waals surface area (Å²) in [6, 6.07) is 19.9. The Morgan fingerprint density at radius 1 is 0.477 bits per heavy atom. The Labute approximate surface area is 262 Å². The molecule has 0 saturated heterocycles. The third-order valence-electron chi connectivity index (χ3n) is 7.80. The molecule has 0 unspecified atom stereocenters. The zero-order valence-electron chi connectivity index (χ0n) is 26.3. The van der Waals surface area contributed by atoms with Gasteiger partial charge in [0.2, 0.25) is 0 Å². The summed E-state index contributed by atoms with van der Waals surface area (Å²) in [6.07, 6.45) is 14.4. The molecule has 3 aromatic rings. The van der Waals surface area contributed by atoms with Crippen LogP contribution in [0.25, 0.3) is 0 Å². The summed E-state index contributed by atoms with van der Waals surface area (Å²) in [7, 11) is 0. The lowest BCUT2D eigenvalue weighted by Gasteiger charge is -2.18. The van der Waals surface area contributed by atoms with Crippen molar-refractivity contribution < 1.29 is 28.7 Å². The Kier molecular flexibility index (Phi) is 15.1. The molecule has 0 spiro atoms. The van der Waals surface area contributed by atoms with Gasteiger partial charge in [0.05, 0.1) is 22.3 Å². The minimum atomic E-state index is -0.951. The molecular weight excluding hydrogens is 552 g/mol. The highest BCUT2D eigenvalue weighted by atomic mass is 16.6. The van der Waals surface area contributed by atoms with Crippen LogP contribution in [0.4, 0.5) is 0 Å². The molecule has 0 N–H and O–H groups in total. The van der Waals surface area contributed by atoms with Gasteiger partial charge in [-0.2, -0.15) is 0 Å². The normalized spacial score (nSPS) is 10.8. The highest BCUT2D eigenvalue weighted by Gasteiger charge is 2.28. The van der Waals surface area contributed by atoms with Crippen LogP contribution in [0, 0.1) is 0 Å². The maximum Gasteiger partial charge on any atom is 0.347 e. The molecule has 0 aliphatic rings. The van der Waals surface area contributed by atoms with Crippen molar-refractivity contribution in [1.29, 1.82) is 0 Å². The highest BCUT2D eigenvalue weighted by molar-refractivity contribution is 6.11. The second-order valence-corrected chi connectivity index (χ2v) is 11.2. The largest absolute Gasteiger partial charge is 0.386 e. The van der Waals surface area contributed by atoms with E-state index >= 15 is 0 Å². The molecular formula is C38H46O6. The van der Waals surface area contributed by atoms with E-state index in [1.165, 1.54) is 31.7 Å². The van der Waals surface area contributed by atoms with Gasteiger partial charge >= 0.3 is 23.9 Å². The van der Waals surface area contributed by atoms with Gasteiger partial charge in [-0.1, -0.05) is 121 Å². The third-order valence-corrected chi connectivity index (χ3v) is 7.80. The molecule has 0 amide bonds. The number of unbranched alkanes of at least 4 members (excludes halogenated alkanes) is 10. The Balaban J connectivity index is 1.95. The van der Waals surface area contributed by atoms with Gasteiger partial charge in [-0.15, -0.1) is 0 Å².